The average molecular weight is 159 g/mol. The molecule has 1 aliphatic heterocycles. The summed E-state index contributed by atoms with van der Waals surface area (Å²) in [5, 5.41) is 0. The highest BCUT2D eigenvalue weighted by Crippen LogP contribution is 2.13. The van der Waals surface area contributed by atoms with Gasteiger partial charge in [-0.3, -0.25) is 0 Å². The maximum Gasteiger partial charge on any atom is 0.0815 e. The molecule has 0 aromatic heterocycles. The Morgan fingerprint density at radius 2 is 2.56 bits per heavy atom. The third kappa shape index (κ3) is 1.32. The molecule has 0 saturated carbocycles. The number of terminal acetylenes is 1. The average Bonchev–Trinajstić information content (AvgIpc) is 2.15. The minimum absolute atomic E-state index is 0.0266. The maximum atomic E-state index is 5.25. The molecule has 0 aromatic carbocycles. The molecule has 0 amide bonds. The zero-order chi connectivity index (χ0) is 6.85. The topological polar surface area (TPSA) is 3.24 Å². The number of hydrogen-bond acceptors (Lipinski definition) is 1. The molecule has 2 unspecified atom stereocenters. The minimum atomic E-state index is 0.0266. The highest BCUT2D eigenvalue weighted by Gasteiger charge is 2.21. The Bertz CT molecular complexity index is 170. The van der Waals surface area contributed by atoms with Crippen LogP contribution < -0.4 is 0 Å². The van der Waals surface area contributed by atoms with Gasteiger partial charge in [-0.25, -0.2) is 4.31 Å². The van der Waals surface area contributed by atoms with Gasteiger partial charge in [-0.2, -0.15) is 0 Å². The van der Waals surface area contributed by atoms with E-state index in [1.807, 2.05) is 7.05 Å². The highest BCUT2D eigenvalue weighted by atomic mass is 32.8. The van der Waals surface area contributed by atoms with Crippen LogP contribution in [0.4, 0.5) is 0 Å². The van der Waals surface area contributed by atoms with Gasteiger partial charge in [0.2, 0.25) is 0 Å². The summed E-state index contributed by atoms with van der Waals surface area (Å²) in [6, 6.07) is 0.311. The lowest BCUT2D eigenvalue weighted by Crippen LogP contribution is -2.22. The predicted octanol–water partition coefficient (Wildman–Crippen LogP) is 0.319. The fourth-order valence-corrected chi connectivity index (χ4v) is 2.63. The fraction of sp³-hybridized carbons (Fsp3) is 0.667. The van der Waals surface area contributed by atoms with Crippen molar-refractivity contribution < 1.29 is 0 Å². The third-order valence-electron chi connectivity index (χ3n) is 1.52. The SMILES string of the molecule is C#CC1CCS(=S)N1C. The normalized spacial score (nSPS) is 36.4. The highest BCUT2D eigenvalue weighted by molar-refractivity contribution is 8.27. The van der Waals surface area contributed by atoms with Crippen molar-refractivity contribution in [1.29, 1.82) is 0 Å². The second kappa shape index (κ2) is 2.78. The standard InChI is InChI=1S/C6H9NS2/c1-3-6-4-5-9(8)7(6)2/h1,6H,4-5H2,2H3. The number of nitrogens with zero attached hydrogens (tertiary/aromatic N) is 1. The van der Waals surface area contributed by atoms with Crippen molar-refractivity contribution >= 4 is 20.8 Å². The molecule has 0 radical (unpaired) electrons. The first-order chi connectivity index (χ1) is 4.25. The van der Waals surface area contributed by atoms with E-state index >= 15 is 0 Å². The van der Waals surface area contributed by atoms with E-state index in [2.05, 4.69) is 10.2 Å². The molecule has 0 bridgehead atoms. The Morgan fingerprint density at radius 1 is 1.89 bits per heavy atom. The van der Waals surface area contributed by atoms with Crippen molar-refractivity contribution in [1.82, 2.24) is 4.31 Å². The Balaban J connectivity index is 2.64. The van der Waals surface area contributed by atoms with E-state index in [9.17, 15) is 0 Å². The van der Waals surface area contributed by atoms with Crippen LogP contribution in [0.2, 0.25) is 0 Å². The van der Waals surface area contributed by atoms with Crippen LogP contribution in [0.15, 0.2) is 0 Å². The van der Waals surface area contributed by atoms with E-state index in [1.165, 1.54) is 0 Å². The molecule has 0 aromatic rings. The molecular formula is C6H9NS2. The van der Waals surface area contributed by atoms with E-state index in [4.69, 9.17) is 17.6 Å². The van der Waals surface area contributed by atoms with Gasteiger partial charge in [-0.1, -0.05) is 15.6 Å². The molecule has 1 rings (SSSR count). The van der Waals surface area contributed by atoms with Crippen LogP contribution >= 0.6 is 0 Å². The molecule has 3 heteroatoms. The summed E-state index contributed by atoms with van der Waals surface area (Å²) in [6.45, 7) is 0. The van der Waals surface area contributed by atoms with Crippen LogP contribution in [-0.4, -0.2) is 23.1 Å². The van der Waals surface area contributed by atoms with Crippen molar-refractivity contribution in [2.75, 3.05) is 12.8 Å². The van der Waals surface area contributed by atoms with Crippen LogP contribution in [0.3, 0.4) is 0 Å². The van der Waals surface area contributed by atoms with Gasteiger partial charge in [0.15, 0.2) is 0 Å². The van der Waals surface area contributed by atoms with Gasteiger partial charge in [0.25, 0.3) is 0 Å². The quantitative estimate of drug-likeness (QED) is 0.468. The summed E-state index contributed by atoms with van der Waals surface area (Å²) in [5.41, 5.74) is 0. The number of hydrogen-bond donors (Lipinski definition) is 0. The van der Waals surface area contributed by atoms with Crippen LogP contribution in [0, 0.1) is 12.3 Å². The summed E-state index contributed by atoms with van der Waals surface area (Å²) in [5.74, 6) is 3.81. The molecule has 50 valence electrons. The fourth-order valence-electron chi connectivity index (χ4n) is 0.868. The Kier molecular flexibility index (Phi) is 2.23. The van der Waals surface area contributed by atoms with Crippen molar-refractivity contribution in [3.8, 4) is 12.3 Å². The van der Waals surface area contributed by atoms with Crippen LogP contribution in [0.5, 0.6) is 0 Å². The zero-order valence-electron chi connectivity index (χ0n) is 5.33. The lowest BCUT2D eigenvalue weighted by molar-refractivity contribution is 0.510. The monoisotopic (exact) mass is 159 g/mol. The second-order valence-corrected chi connectivity index (χ2v) is 4.82. The predicted molar refractivity (Wildman–Crippen MR) is 44.6 cm³/mol. The minimum Gasteiger partial charge on any atom is -0.236 e. The van der Waals surface area contributed by atoms with Gasteiger partial charge >= 0.3 is 0 Å². The Hall–Kier alpha value is 0.0900. The largest absolute Gasteiger partial charge is 0.236 e. The third-order valence-corrected chi connectivity index (χ3v) is 4.21. The molecule has 2 atom stereocenters. The summed E-state index contributed by atoms with van der Waals surface area (Å²) < 4.78 is 2.11. The van der Waals surface area contributed by atoms with E-state index in [0.29, 0.717) is 6.04 Å². The van der Waals surface area contributed by atoms with Crippen LogP contribution in [-0.2, 0) is 20.8 Å². The molecule has 1 heterocycles. The summed E-state index contributed by atoms with van der Waals surface area (Å²) in [6.07, 6.45) is 6.34. The van der Waals surface area contributed by atoms with E-state index < -0.39 is 0 Å². The van der Waals surface area contributed by atoms with Crippen molar-refractivity contribution in [3.05, 3.63) is 0 Å². The molecular weight excluding hydrogens is 150 g/mol. The Labute approximate surface area is 63.2 Å². The van der Waals surface area contributed by atoms with Gasteiger partial charge < -0.3 is 0 Å². The van der Waals surface area contributed by atoms with Crippen molar-refractivity contribution in [3.63, 3.8) is 0 Å². The maximum absolute atomic E-state index is 5.25. The molecule has 9 heavy (non-hydrogen) atoms. The van der Waals surface area contributed by atoms with E-state index in [0.717, 1.165) is 12.2 Å². The lowest BCUT2D eigenvalue weighted by Gasteiger charge is -2.12. The lowest BCUT2D eigenvalue weighted by atomic mass is 10.2. The molecule has 1 fully saturated rings. The first kappa shape index (κ1) is 7.20. The van der Waals surface area contributed by atoms with Gasteiger partial charge in [0, 0.05) is 5.75 Å². The first-order valence-corrected chi connectivity index (χ1v) is 5.10. The molecule has 0 N–H and O–H groups in total. The van der Waals surface area contributed by atoms with Crippen LogP contribution in [0.25, 0.3) is 0 Å². The molecule has 1 saturated heterocycles. The number of rotatable bonds is 0. The summed E-state index contributed by atoms with van der Waals surface area (Å²) in [7, 11) is 2.03. The van der Waals surface area contributed by atoms with Gasteiger partial charge in [-0.15, -0.1) is 6.42 Å². The van der Waals surface area contributed by atoms with Crippen molar-refractivity contribution in [2.45, 2.75) is 12.5 Å². The first-order valence-electron chi connectivity index (χ1n) is 2.83. The zero-order valence-corrected chi connectivity index (χ0v) is 6.97. The second-order valence-electron chi connectivity index (χ2n) is 2.04. The summed E-state index contributed by atoms with van der Waals surface area (Å²) >= 11 is 5.13. The van der Waals surface area contributed by atoms with Crippen molar-refractivity contribution in [2.24, 2.45) is 0 Å². The molecule has 0 aliphatic carbocycles. The molecule has 1 nitrogen and oxygen atoms in total. The van der Waals surface area contributed by atoms with Gasteiger partial charge in [0.1, 0.15) is 0 Å². The summed E-state index contributed by atoms with van der Waals surface area (Å²) in [4.78, 5) is 0. The van der Waals surface area contributed by atoms with Gasteiger partial charge in [0.05, 0.1) is 6.04 Å². The van der Waals surface area contributed by atoms with Gasteiger partial charge in [-0.05, 0) is 24.7 Å². The smallest absolute Gasteiger partial charge is 0.0815 e. The molecule has 1 aliphatic rings. The molecule has 0 spiro atoms. The van der Waals surface area contributed by atoms with E-state index in [1.54, 1.807) is 0 Å². The van der Waals surface area contributed by atoms with E-state index in [-0.39, 0.29) is 9.64 Å². The Morgan fingerprint density at radius 3 is 2.78 bits per heavy atom. The van der Waals surface area contributed by atoms with Crippen LogP contribution in [0.1, 0.15) is 6.42 Å².